The molecule has 1 fully saturated rings. The van der Waals surface area contributed by atoms with Crippen LogP contribution in [0.1, 0.15) is 6.92 Å². The molecule has 0 amide bonds. The highest BCUT2D eigenvalue weighted by atomic mass is 32.1. The molecule has 6 heteroatoms. The smallest absolute Gasteiger partial charge is 0.225 e. The highest BCUT2D eigenvalue weighted by Gasteiger charge is 2.32. The number of hydrogen-bond donors (Lipinski definition) is 1. The summed E-state index contributed by atoms with van der Waals surface area (Å²) in [6.07, 6.45) is 0. The van der Waals surface area contributed by atoms with Gasteiger partial charge in [0.05, 0.1) is 5.39 Å². The van der Waals surface area contributed by atoms with Gasteiger partial charge in [-0.15, -0.1) is 11.3 Å². The molecule has 0 aromatic carbocycles. The Bertz CT molecular complexity index is 609. The Labute approximate surface area is 123 Å². The fraction of sp³-hybridized carbons (Fsp3) is 0.571. The molecule has 3 heterocycles. The summed E-state index contributed by atoms with van der Waals surface area (Å²) in [5.74, 6) is 2.42. The number of anilines is 2. The zero-order valence-electron chi connectivity index (χ0n) is 12.4. The number of nitrogens with zero attached hydrogens (tertiary/aromatic N) is 4. The van der Waals surface area contributed by atoms with E-state index in [-0.39, 0.29) is 0 Å². The van der Waals surface area contributed by atoms with Crippen molar-refractivity contribution < 1.29 is 0 Å². The van der Waals surface area contributed by atoms with Gasteiger partial charge in [-0.1, -0.05) is 6.92 Å². The van der Waals surface area contributed by atoms with Gasteiger partial charge < -0.3 is 15.1 Å². The second-order valence-corrected chi connectivity index (χ2v) is 6.57. The van der Waals surface area contributed by atoms with Gasteiger partial charge in [0.25, 0.3) is 0 Å². The van der Waals surface area contributed by atoms with E-state index in [2.05, 4.69) is 52.6 Å². The van der Waals surface area contributed by atoms with Crippen molar-refractivity contribution in [1.82, 2.24) is 14.9 Å². The highest BCUT2D eigenvalue weighted by Crippen LogP contribution is 2.32. The number of likely N-dealkylation sites (N-methyl/N-ethyl adjacent to an activating group) is 1. The maximum absolute atomic E-state index is 4.69. The van der Waals surface area contributed by atoms with Crippen LogP contribution in [0.15, 0.2) is 11.4 Å². The molecule has 0 aliphatic carbocycles. The van der Waals surface area contributed by atoms with E-state index in [0.29, 0.717) is 17.9 Å². The Balaban J connectivity index is 2.00. The van der Waals surface area contributed by atoms with Crippen molar-refractivity contribution in [3.63, 3.8) is 0 Å². The minimum Gasteiger partial charge on any atom is -0.357 e. The van der Waals surface area contributed by atoms with Crippen LogP contribution in [0.2, 0.25) is 0 Å². The van der Waals surface area contributed by atoms with Gasteiger partial charge in [-0.3, -0.25) is 0 Å². The molecule has 20 heavy (non-hydrogen) atoms. The molecule has 2 unspecified atom stereocenters. The highest BCUT2D eigenvalue weighted by molar-refractivity contribution is 7.16. The van der Waals surface area contributed by atoms with E-state index in [1.165, 1.54) is 5.39 Å². The first-order valence-electron chi connectivity index (χ1n) is 6.94. The van der Waals surface area contributed by atoms with Gasteiger partial charge in [0, 0.05) is 26.2 Å². The first-order chi connectivity index (χ1) is 9.60. The van der Waals surface area contributed by atoms with Crippen molar-refractivity contribution in [2.24, 2.45) is 5.92 Å². The molecule has 1 N–H and O–H groups in total. The van der Waals surface area contributed by atoms with Gasteiger partial charge in [-0.2, -0.15) is 4.98 Å². The Morgan fingerprint density at radius 1 is 1.35 bits per heavy atom. The van der Waals surface area contributed by atoms with Crippen molar-refractivity contribution in [3.05, 3.63) is 11.4 Å². The Hall–Kier alpha value is -1.40. The fourth-order valence-electron chi connectivity index (χ4n) is 2.99. The lowest BCUT2D eigenvalue weighted by Crippen LogP contribution is -2.34. The normalized spacial score (nSPS) is 22.9. The van der Waals surface area contributed by atoms with E-state index in [1.807, 2.05) is 7.05 Å². The topological polar surface area (TPSA) is 44.3 Å². The van der Waals surface area contributed by atoms with Crippen LogP contribution in [0.5, 0.6) is 0 Å². The monoisotopic (exact) mass is 291 g/mol. The summed E-state index contributed by atoms with van der Waals surface area (Å²) >= 11 is 1.67. The Morgan fingerprint density at radius 3 is 2.80 bits per heavy atom. The second kappa shape index (κ2) is 5.18. The molecule has 1 aliphatic heterocycles. The van der Waals surface area contributed by atoms with Crippen molar-refractivity contribution in [3.8, 4) is 0 Å². The maximum atomic E-state index is 4.69. The largest absolute Gasteiger partial charge is 0.357 e. The van der Waals surface area contributed by atoms with Gasteiger partial charge in [0.15, 0.2) is 0 Å². The standard InChI is InChI=1S/C14H21N5S/c1-9-7-19(8-11(9)18(3)4)12-10-5-6-20-13(10)17-14(15-2)16-12/h5-6,9,11H,7-8H2,1-4H3,(H,15,16,17). The zero-order chi connectivity index (χ0) is 14.3. The third-order valence-corrected chi connectivity index (χ3v) is 4.87. The van der Waals surface area contributed by atoms with Crippen LogP contribution in [0.3, 0.4) is 0 Å². The van der Waals surface area contributed by atoms with Gasteiger partial charge in [0.1, 0.15) is 10.6 Å². The van der Waals surface area contributed by atoms with Gasteiger partial charge in [-0.25, -0.2) is 4.98 Å². The van der Waals surface area contributed by atoms with Gasteiger partial charge in [0.2, 0.25) is 5.95 Å². The quantitative estimate of drug-likeness (QED) is 0.938. The van der Waals surface area contributed by atoms with E-state index in [0.717, 1.165) is 23.7 Å². The van der Waals surface area contributed by atoms with Crippen LogP contribution in [-0.2, 0) is 0 Å². The van der Waals surface area contributed by atoms with Crippen molar-refractivity contribution in [1.29, 1.82) is 0 Å². The molecular formula is C14H21N5S. The average Bonchev–Trinajstić information content (AvgIpc) is 3.03. The van der Waals surface area contributed by atoms with Crippen LogP contribution in [0.25, 0.3) is 10.2 Å². The molecule has 2 aromatic rings. The Morgan fingerprint density at radius 2 is 2.15 bits per heavy atom. The predicted molar refractivity (Wildman–Crippen MR) is 85.8 cm³/mol. The summed E-state index contributed by atoms with van der Waals surface area (Å²) in [5, 5.41) is 6.32. The summed E-state index contributed by atoms with van der Waals surface area (Å²) in [6, 6.07) is 2.71. The molecule has 2 aromatic heterocycles. The second-order valence-electron chi connectivity index (χ2n) is 5.67. The van der Waals surface area contributed by atoms with Crippen LogP contribution in [0.4, 0.5) is 11.8 Å². The third-order valence-electron chi connectivity index (χ3n) is 4.06. The van der Waals surface area contributed by atoms with E-state index >= 15 is 0 Å². The molecular weight excluding hydrogens is 270 g/mol. The summed E-state index contributed by atoms with van der Waals surface area (Å²) in [5.41, 5.74) is 0. The van der Waals surface area contributed by atoms with Crippen LogP contribution in [-0.4, -0.2) is 55.1 Å². The lowest BCUT2D eigenvalue weighted by atomic mass is 10.1. The van der Waals surface area contributed by atoms with E-state index in [4.69, 9.17) is 4.98 Å². The van der Waals surface area contributed by atoms with E-state index in [9.17, 15) is 0 Å². The molecule has 2 atom stereocenters. The molecule has 0 saturated carbocycles. The molecule has 5 nitrogen and oxygen atoms in total. The van der Waals surface area contributed by atoms with Crippen LogP contribution < -0.4 is 10.2 Å². The van der Waals surface area contributed by atoms with E-state index < -0.39 is 0 Å². The third kappa shape index (κ3) is 2.23. The van der Waals surface area contributed by atoms with Crippen LogP contribution in [0, 0.1) is 5.92 Å². The molecule has 0 bridgehead atoms. The molecule has 0 radical (unpaired) electrons. The van der Waals surface area contributed by atoms with Gasteiger partial charge in [-0.05, 0) is 31.5 Å². The number of nitrogens with one attached hydrogen (secondary N) is 1. The van der Waals surface area contributed by atoms with Crippen molar-refractivity contribution in [2.45, 2.75) is 13.0 Å². The van der Waals surface area contributed by atoms with Gasteiger partial charge >= 0.3 is 0 Å². The number of fused-ring (bicyclic) bond motifs is 1. The Kier molecular flexibility index (Phi) is 3.52. The lowest BCUT2D eigenvalue weighted by Gasteiger charge is -2.23. The number of hydrogen-bond acceptors (Lipinski definition) is 6. The average molecular weight is 291 g/mol. The first-order valence-corrected chi connectivity index (χ1v) is 7.82. The lowest BCUT2D eigenvalue weighted by molar-refractivity contribution is 0.266. The SMILES string of the molecule is CNc1nc(N2CC(C)C(N(C)C)C2)c2ccsc2n1. The summed E-state index contributed by atoms with van der Waals surface area (Å²) in [7, 11) is 6.18. The predicted octanol–water partition coefficient (Wildman–Crippen LogP) is 2.12. The molecule has 3 rings (SSSR count). The number of aromatic nitrogens is 2. The van der Waals surface area contributed by atoms with Crippen molar-refractivity contribution >= 4 is 33.3 Å². The summed E-state index contributed by atoms with van der Waals surface area (Å²) < 4.78 is 0. The van der Waals surface area contributed by atoms with Crippen LogP contribution >= 0.6 is 11.3 Å². The summed E-state index contributed by atoms with van der Waals surface area (Å²) in [4.78, 5) is 15.0. The number of thiophene rings is 1. The minimum absolute atomic E-state index is 0.580. The molecule has 1 saturated heterocycles. The van der Waals surface area contributed by atoms with Crippen molar-refractivity contribution in [2.75, 3.05) is 44.4 Å². The van der Waals surface area contributed by atoms with E-state index in [1.54, 1.807) is 11.3 Å². The molecule has 0 spiro atoms. The first kappa shape index (κ1) is 13.6. The molecule has 108 valence electrons. The maximum Gasteiger partial charge on any atom is 0.225 e. The fourth-order valence-corrected chi connectivity index (χ4v) is 3.75. The number of rotatable bonds is 3. The zero-order valence-corrected chi connectivity index (χ0v) is 13.2. The summed E-state index contributed by atoms with van der Waals surface area (Å²) in [6.45, 7) is 4.39. The molecule has 1 aliphatic rings. The minimum atomic E-state index is 0.580.